The van der Waals surface area contributed by atoms with E-state index in [2.05, 4.69) is 24.1 Å². The van der Waals surface area contributed by atoms with Gasteiger partial charge in [-0.2, -0.15) is 0 Å². The van der Waals surface area contributed by atoms with Crippen LogP contribution in [0.2, 0.25) is 10.0 Å². The molecule has 1 N–H and O–H groups in total. The van der Waals surface area contributed by atoms with Gasteiger partial charge in [-0.1, -0.05) is 73.4 Å². The number of ether oxygens (including phenoxy) is 1. The molecule has 3 aromatic carbocycles. The van der Waals surface area contributed by atoms with Crippen LogP contribution >= 0.6 is 23.2 Å². The lowest BCUT2D eigenvalue weighted by atomic mass is 10.0. The van der Waals surface area contributed by atoms with Crippen LogP contribution in [-0.2, 0) is 4.79 Å². The predicted molar refractivity (Wildman–Crippen MR) is 139 cm³/mol. The number of halogens is 2. The van der Waals surface area contributed by atoms with Crippen molar-refractivity contribution >= 4 is 40.9 Å². The van der Waals surface area contributed by atoms with Crippen molar-refractivity contribution in [2.24, 2.45) is 0 Å². The third-order valence-electron chi connectivity index (χ3n) is 5.27. The van der Waals surface area contributed by atoms with Crippen molar-refractivity contribution in [1.29, 1.82) is 0 Å². The van der Waals surface area contributed by atoms with E-state index in [1.807, 2.05) is 48.5 Å². The maximum Gasteiger partial charge on any atom is 0.248 e. The van der Waals surface area contributed by atoms with Crippen molar-refractivity contribution in [3.8, 4) is 16.9 Å². The number of rotatable bonds is 10. The second-order valence-corrected chi connectivity index (χ2v) is 8.32. The number of nitrogens with zero attached hydrogens (tertiary/aromatic N) is 1. The van der Waals surface area contributed by atoms with E-state index in [0.717, 1.165) is 36.3 Å². The molecule has 0 saturated heterocycles. The van der Waals surface area contributed by atoms with E-state index in [1.165, 1.54) is 6.08 Å². The first-order chi connectivity index (χ1) is 16.0. The molecule has 172 valence electrons. The Bertz CT molecular complexity index is 1080. The minimum Gasteiger partial charge on any atom is -0.491 e. The van der Waals surface area contributed by atoms with Gasteiger partial charge in [0.2, 0.25) is 5.91 Å². The third-order valence-corrected chi connectivity index (χ3v) is 5.82. The van der Waals surface area contributed by atoms with Crippen LogP contribution < -0.4 is 10.1 Å². The summed E-state index contributed by atoms with van der Waals surface area (Å²) >= 11 is 12.3. The van der Waals surface area contributed by atoms with Crippen LogP contribution in [0.4, 0.5) is 5.69 Å². The fourth-order valence-corrected chi connectivity index (χ4v) is 3.67. The fraction of sp³-hybridized carbons (Fsp3) is 0.222. The number of hydrogen-bond donors (Lipinski definition) is 1. The van der Waals surface area contributed by atoms with Gasteiger partial charge in [0.1, 0.15) is 12.4 Å². The zero-order valence-electron chi connectivity index (χ0n) is 18.9. The van der Waals surface area contributed by atoms with Gasteiger partial charge in [-0.3, -0.25) is 4.79 Å². The van der Waals surface area contributed by atoms with Gasteiger partial charge >= 0.3 is 0 Å². The Hall–Kier alpha value is -2.79. The lowest BCUT2D eigenvalue weighted by Crippen LogP contribution is -2.27. The Balaban J connectivity index is 1.53. The zero-order chi connectivity index (χ0) is 23.6. The quantitative estimate of drug-likeness (QED) is 0.315. The fourth-order valence-electron chi connectivity index (χ4n) is 3.31. The minimum atomic E-state index is -0.233. The first-order valence-corrected chi connectivity index (χ1v) is 11.7. The van der Waals surface area contributed by atoms with Gasteiger partial charge in [0.25, 0.3) is 0 Å². The summed E-state index contributed by atoms with van der Waals surface area (Å²) < 4.78 is 5.78. The molecule has 6 heteroatoms. The third kappa shape index (κ3) is 7.64. The number of carbonyl (C=O) groups is 1. The van der Waals surface area contributed by atoms with Crippen LogP contribution in [0.5, 0.6) is 5.75 Å². The number of hydrogen-bond acceptors (Lipinski definition) is 3. The number of benzene rings is 3. The molecule has 0 aromatic heterocycles. The first-order valence-electron chi connectivity index (χ1n) is 11.0. The van der Waals surface area contributed by atoms with Crippen LogP contribution in [0.15, 0.2) is 72.8 Å². The molecule has 0 aliphatic rings. The van der Waals surface area contributed by atoms with E-state index in [-0.39, 0.29) is 5.91 Å². The largest absolute Gasteiger partial charge is 0.491 e. The molecule has 0 aliphatic heterocycles. The standard InChI is InChI=1S/C27H28Cl2N2O2/c1-3-31(4-2)17-18-33-26-15-14-24(19-25(26)29)30-27(32)16-7-20-5-8-21(9-6-20)22-10-12-23(28)13-11-22/h5-16,19H,3-4,17-18H2,1-2H3,(H,30,32)/b16-7+. The highest BCUT2D eigenvalue weighted by molar-refractivity contribution is 6.32. The van der Waals surface area contributed by atoms with Gasteiger partial charge < -0.3 is 15.0 Å². The Morgan fingerprint density at radius 1 is 0.939 bits per heavy atom. The lowest BCUT2D eigenvalue weighted by molar-refractivity contribution is -0.111. The highest BCUT2D eigenvalue weighted by atomic mass is 35.5. The van der Waals surface area contributed by atoms with Gasteiger partial charge in [0.15, 0.2) is 0 Å². The predicted octanol–water partition coefficient (Wildman–Crippen LogP) is 7.03. The van der Waals surface area contributed by atoms with Crippen LogP contribution in [0.1, 0.15) is 19.4 Å². The zero-order valence-corrected chi connectivity index (χ0v) is 20.4. The van der Waals surface area contributed by atoms with Crippen LogP contribution in [0.3, 0.4) is 0 Å². The molecule has 0 saturated carbocycles. The molecule has 0 bridgehead atoms. The summed E-state index contributed by atoms with van der Waals surface area (Å²) in [6.45, 7) is 7.62. The van der Waals surface area contributed by atoms with Crippen molar-refractivity contribution in [3.05, 3.63) is 88.4 Å². The second-order valence-electron chi connectivity index (χ2n) is 7.47. The SMILES string of the molecule is CCN(CC)CCOc1ccc(NC(=O)/C=C/c2ccc(-c3ccc(Cl)cc3)cc2)cc1Cl. The summed E-state index contributed by atoms with van der Waals surface area (Å²) in [7, 11) is 0. The molecular weight excluding hydrogens is 455 g/mol. The molecule has 3 rings (SSSR count). The molecule has 0 fully saturated rings. The molecule has 0 atom stereocenters. The lowest BCUT2D eigenvalue weighted by Gasteiger charge is -2.18. The normalized spacial score (nSPS) is 11.2. The monoisotopic (exact) mass is 482 g/mol. The summed E-state index contributed by atoms with van der Waals surface area (Å²) in [4.78, 5) is 14.6. The van der Waals surface area contributed by atoms with E-state index < -0.39 is 0 Å². The van der Waals surface area contributed by atoms with Gasteiger partial charge in [-0.25, -0.2) is 0 Å². The Morgan fingerprint density at radius 2 is 1.58 bits per heavy atom. The Morgan fingerprint density at radius 3 is 2.18 bits per heavy atom. The molecule has 0 spiro atoms. The number of nitrogens with one attached hydrogen (secondary N) is 1. The van der Waals surface area contributed by atoms with E-state index in [1.54, 1.807) is 24.3 Å². The van der Waals surface area contributed by atoms with Crippen LogP contribution in [0, 0.1) is 0 Å². The average molecular weight is 483 g/mol. The first kappa shape index (κ1) is 24.8. The van der Waals surface area contributed by atoms with Crippen LogP contribution in [-0.4, -0.2) is 37.0 Å². The van der Waals surface area contributed by atoms with E-state index >= 15 is 0 Å². The summed E-state index contributed by atoms with van der Waals surface area (Å²) in [5.41, 5.74) is 3.72. The minimum absolute atomic E-state index is 0.233. The highest BCUT2D eigenvalue weighted by Gasteiger charge is 2.06. The second kappa shape index (κ2) is 12.4. The molecule has 33 heavy (non-hydrogen) atoms. The summed E-state index contributed by atoms with van der Waals surface area (Å²) in [5, 5.41) is 4.01. The summed E-state index contributed by atoms with van der Waals surface area (Å²) in [6, 6.07) is 20.9. The van der Waals surface area contributed by atoms with Crippen molar-refractivity contribution < 1.29 is 9.53 Å². The van der Waals surface area contributed by atoms with Gasteiger partial charge in [0, 0.05) is 23.3 Å². The van der Waals surface area contributed by atoms with Crippen molar-refractivity contribution in [3.63, 3.8) is 0 Å². The molecular formula is C27H28Cl2N2O2. The molecule has 1 amide bonds. The molecule has 0 aliphatic carbocycles. The molecule has 3 aromatic rings. The number of likely N-dealkylation sites (N-methyl/N-ethyl adjacent to an activating group) is 1. The smallest absolute Gasteiger partial charge is 0.248 e. The van der Waals surface area contributed by atoms with Gasteiger partial charge in [-0.05, 0) is 66.2 Å². The van der Waals surface area contributed by atoms with Crippen molar-refractivity contribution in [2.75, 3.05) is 31.6 Å². The Kier molecular flexibility index (Phi) is 9.37. The van der Waals surface area contributed by atoms with Crippen molar-refractivity contribution in [2.45, 2.75) is 13.8 Å². The van der Waals surface area contributed by atoms with E-state index in [9.17, 15) is 4.79 Å². The molecule has 0 heterocycles. The summed E-state index contributed by atoms with van der Waals surface area (Å²) in [5.74, 6) is 0.376. The summed E-state index contributed by atoms with van der Waals surface area (Å²) in [6.07, 6.45) is 3.27. The highest BCUT2D eigenvalue weighted by Crippen LogP contribution is 2.28. The average Bonchev–Trinajstić information content (AvgIpc) is 2.83. The van der Waals surface area contributed by atoms with E-state index in [4.69, 9.17) is 27.9 Å². The molecule has 0 unspecified atom stereocenters. The Labute approximate surface area is 205 Å². The number of anilines is 1. The number of carbonyl (C=O) groups excluding carboxylic acids is 1. The van der Waals surface area contributed by atoms with Gasteiger partial charge in [-0.15, -0.1) is 0 Å². The maximum atomic E-state index is 12.3. The number of amides is 1. The van der Waals surface area contributed by atoms with Crippen LogP contribution in [0.25, 0.3) is 17.2 Å². The molecule has 4 nitrogen and oxygen atoms in total. The molecule has 0 radical (unpaired) electrons. The van der Waals surface area contributed by atoms with E-state index in [0.29, 0.717) is 28.1 Å². The van der Waals surface area contributed by atoms with Crippen molar-refractivity contribution in [1.82, 2.24) is 4.90 Å². The van der Waals surface area contributed by atoms with Gasteiger partial charge in [0.05, 0.1) is 5.02 Å². The topological polar surface area (TPSA) is 41.6 Å². The maximum absolute atomic E-state index is 12.3.